The molecule has 0 radical (unpaired) electrons. The molecule has 25 heavy (non-hydrogen) atoms. The van der Waals surface area contributed by atoms with Gasteiger partial charge in [0.2, 0.25) is 5.65 Å². The van der Waals surface area contributed by atoms with Crippen molar-refractivity contribution in [2.45, 2.75) is 44.7 Å². The van der Waals surface area contributed by atoms with Gasteiger partial charge < -0.3 is 4.57 Å². The fraction of sp³-hybridized carbons (Fsp3) is 0.389. The van der Waals surface area contributed by atoms with E-state index in [0.717, 1.165) is 31.2 Å². The van der Waals surface area contributed by atoms with Gasteiger partial charge in [-0.25, -0.2) is 13.9 Å². The van der Waals surface area contributed by atoms with Gasteiger partial charge in [-0.1, -0.05) is 43.0 Å². The maximum absolute atomic E-state index is 12.8. The van der Waals surface area contributed by atoms with Crippen LogP contribution >= 0.6 is 11.6 Å². The Balaban J connectivity index is 1.73. The largest absolute Gasteiger partial charge is 0.350 e. The predicted molar refractivity (Wildman–Crippen MR) is 96.4 cm³/mol. The van der Waals surface area contributed by atoms with Crippen LogP contribution in [-0.2, 0) is 6.54 Å². The van der Waals surface area contributed by atoms with Crippen molar-refractivity contribution >= 4 is 17.2 Å². The van der Waals surface area contributed by atoms with E-state index in [1.165, 1.54) is 15.5 Å². The number of rotatable bonds is 3. The van der Waals surface area contributed by atoms with Crippen molar-refractivity contribution in [2.24, 2.45) is 0 Å². The third-order valence-electron chi connectivity index (χ3n) is 4.89. The first-order valence-electron chi connectivity index (χ1n) is 8.58. The molecule has 0 atom stereocenters. The first kappa shape index (κ1) is 16.1. The maximum atomic E-state index is 12.8. The highest BCUT2D eigenvalue weighted by Gasteiger charge is 2.19. The van der Waals surface area contributed by atoms with Gasteiger partial charge in [-0.3, -0.25) is 4.79 Å². The minimum atomic E-state index is -0.308. The van der Waals surface area contributed by atoms with Crippen LogP contribution in [0.1, 0.15) is 43.7 Å². The van der Waals surface area contributed by atoms with Gasteiger partial charge in [-0.15, -0.1) is 5.10 Å². The lowest BCUT2D eigenvalue weighted by Gasteiger charge is -2.23. The highest BCUT2D eigenvalue weighted by atomic mass is 35.5. The van der Waals surface area contributed by atoms with E-state index in [-0.39, 0.29) is 22.9 Å². The molecule has 0 bridgehead atoms. The van der Waals surface area contributed by atoms with E-state index in [1.54, 1.807) is 29.1 Å². The van der Waals surface area contributed by atoms with E-state index in [9.17, 15) is 9.59 Å². The smallest absolute Gasteiger partial charge is 0.308 e. The lowest BCUT2D eigenvalue weighted by atomic mass is 9.95. The van der Waals surface area contributed by atoms with Crippen LogP contribution in [0.3, 0.4) is 0 Å². The molecule has 4 rings (SSSR count). The topological polar surface area (TPSA) is 61.3 Å². The molecule has 0 aliphatic heterocycles. The monoisotopic (exact) mass is 358 g/mol. The molecule has 0 spiro atoms. The zero-order valence-corrected chi connectivity index (χ0v) is 14.5. The highest BCUT2D eigenvalue weighted by molar-refractivity contribution is 6.30. The molecule has 0 amide bonds. The molecule has 0 N–H and O–H groups in total. The molecular formula is C18H19ClN4O2. The maximum Gasteiger partial charge on any atom is 0.350 e. The SMILES string of the molecule is O=c1c2nn(Cc3ccc(Cl)cc3)c(=O)n2ccn1C1CCCCC1. The second-order valence-electron chi connectivity index (χ2n) is 6.56. The van der Waals surface area contributed by atoms with E-state index < -0.39 is 0 Å². The molecule has 2 heterocycles. The van der Waals surface area contributed by atoms with Gasteiger partial charge in [0, 0.05) is 23.5 Å². The molecule has 3 aromatic rings. The summed E-state index contributed by atoms with van der Waals surface area (Å²) in [4.78, 5) is 25.3. The molecule has 1 aliphatic rings. The molecule has 1 aliphatic carbocycles. The number of fused-ring (bicyclic) bond motifs is 1. The number of halogens is 1. The molecule has 0 saturated heterocycles. The Morgan fingerprint density at radius 3 is 2.48 bits per heavy atom. The second-order valence-corrected chi connectivity index (χ2v) is 7.00. The summed E-state index contributed by atoms with van der Waals surface area (Å²) in [5.74, 6) is 0. The van der Waals surface area contributed by atoms with Crippen molar-refractivity contribution in [1.29, 1.82) is 0 Å². The van der Waals surface area contributed by atoms with Crippen molar-refractivity contribution < 1.29 is 0 Å². The van der Waals surface area contributed by atoms with Crippen LogP contribution in [0.2, 0.25) is 5.02 Å². The second kappa shape index (κ2) is 6.52. The molecule has 2 aromatic heterocycles. The van der Waals surface area contributed by atoms with Gasteiger partial charge in [0.25, 0.3) is 5.56 Å². The third-order valence-corrected chi connectivity index (χ3v) is 5.14. The average molecular weight is 359 g/mol. The molecule has 6 nitrogen and oxygen atoms in total. The Kier molecular flexibility index (Phi) is 4.21. The van der Waals surface area contributed by atoms with E-state index >= 15 is 0 Å². The molecule has 130 valence electrons. The Hall–Kier alpha value is -2.34. The van der Waals surface area contributed by atoms with Gasteiger partial charge >= 0.3 is 5.69 Å². The summed E-state index contributed by atoms with van der Waals surface area (Å²) < 4.78 is 4.40. The van der Waals surface area contributed by atoms with Gasteiger partial charge in [0.15, 0.2) is 0 Å². The predicted octanol–water partition coefficient (Wildman–Crippen LogP) is 2.86. The molecular weight excluding hydrogens is 340 g/mol. The number of hydrogen-bond acceptors (Lipinski definition) is 3. The molecule has 1 saturated carbocycles. The zero-order chi connectivity index (χ0) is 17.4. The van der Waals surface area contributed by atoms with Gasteiger partial charge in [-0.05, 0) is 30.5 Å². The van der Waals surface area contributed by atoms with Crippen molar-refractivity contribution in [3.63, 3.8) is 0 Å². The standard InChI is InChI=1S/C18H19ClN4O2/c19-14-8-6-13(7-9-14)12-23-18(25)22-11-10-21(17(24)16(22)20-23)15-4-2-1-3-5-15/h6-11,15H,1-5,12H2. The number of nitrogens with zero attached hydrogens (tertiary/aromatic N) is 4. The third kappa shape index (κ3) is 3.02. The van der Waals surface area contributed by atoms with Crippen LogP contribution in [0.25, 0.3) is 5.65 Å². The van der Waals surface area contributed by atoms with Gasteiger partial charge in [-0.2, -0.15) is 0 Å². The zero-order valence-electron chi connectivity index (χ0n) is 13.8. The summed E-state index contributed by atoms with van der Waals surface area (Å²) in [6.45, 7) is 0.306. The fourth-order valence-electron chi connectivity index (χ4n) is 3.53. The van der Waals surface area contributed by atoms with E-state index in [2.05, 4.69) is 5.10 Å². The summed E-state index contributed by atoms with van der Waals surface area (Å²) >= 11 is 5.89. The lowest BCUT2D eigenvalue weighted by molar-refractivity contribution is 0.346. The van der Waals surface area contributed by atoms with Crippen molar-refractivity contribution in [2.75, 3.05) is 0 Å². The van der Waals surface area contributed by atoms with Crippen LogP contribution in [0.15, 0.2) is 46.2 Å². The van der Waals surface area contributed by atoms with Crippen LogP contribution in [0.5, 0.6) is 0 Å². The number of benzene rings is 1. The lowest BCUT2D eigenvalue weighted by Crippen LogP contribution is -2.28. The molecule has 1 aromatic carbocycles. The molecule has 1 fully saturated rings. The van der Waals surface area contributed by atoms with Crippen LogP contribution in [-0.4, -0.2) is 18.7 Å². The summed E-state index contributed by atoms with van der Waals surface area (Å²) in [7, 11) is 0. The summed E-state index contributed by atoms with van der Waals surface area (Å²) in [6, 6.07) is 7.45. The Labute approximate surface area is 149 Å². The number of aromatic nitrogens is 4. The summed E-state index contributed by atoms with van der Waals surface area (Å²) in [6.07, 6.45) is 8.89. The highest BCUT2D eigenvalue weighted by Crippen LogP contribution is 2.26. The normalized spacial score (nSPS) is 15.7. The fourth-order valence-corrected chi connectivity index (χ4v) is 3.66. The van der Waals surface area contributed by atoms with Crippen molar-refractivity contribution in [3.05, 3.63) is 68.1 Å². The Morgan fingerprint density at radius 2 is 1.76 bits per heavy atom. The minimum absolute atomic E-state index is 0.187. The van der Waals surface area contributed by atoms with E-state index in [0.29, 0.717) is 11.6 Å². The summed E-state index contributed by atoms with van der Waals surface area (Å²) in [5, 5.41) is 4.93. The minimum Gasteiger partial charge on any atom is -0.308 e. The summed E-state index contributed by atoms with van der Waals surface area (Å²) in [5.41, 5.74) is 0.591. The van der Waals surface area contributed by atoms with Gasteiger partial charge in [0.05, 0.1) is 6.54 Å². The van der Waals surface area contributed by atoms with Crippen molar-refractivity contribution in [1.82, 2.24) is 18.7 Å². The van der Waals surface area contributed by atoms with E-state index in [1.807, 2.05) is 12.1 Å². The average Bonchev–Trinajstić information content (AvgIpc) is 2.95. The van der Waals surface area contributed by atoms with Crippen molar-refractivity contribution in [3.8, 4) is 0 Å². The first-order valence-corrected chi connectivity index (χ1v) is 8.96. The Bertz CT molecular complexity index is 1010. The van der Waals surface area contributed by atoms with Crippen LogP contribution in [0.4, 0.5) is 0 Å². The van der Waals surface area contributed by atoms with E-state index in [4.69, 9.17) is 11.6 Å². The molecule has 7 heteroatoms. The quantitative estimate of drug-likeness (QED) is 0.723. The van der Waals surface area contributed by atoms with Crippen LogP contribution in [0, 0.1) is 0 Å². The van der Waals surface area contributed by atoms with Crippen LogP contribution < -0.4 is 11.2 Å². The number of hydrogen-bond donors (Lipinski definition) is 0. The Morgan fingerprint density at radius 1 is 1.04 bits per heavy atom. The molecule has 0 unspecified atom stereocenters. The van der Waals surface area contributed by atoms with Gasteiger partial charge in [0.1, 0.15) is 0 Å². The first-order chi connectivity index (χ1) is 12.1.